The van der Waals surface area contributed by atoms with Crippen LogP contribution in [0.5, 0.6) is 0 Å². The molecule has 10 heteroatoms. The minimum atomic E-state index is -3.43. The van der Waals surface area contributed by atoms with E-state index in [-0.39, 0.29) is 26.9 Å². The van der Waals surface area contributed by atoms with Crippen LogP contribution in [0.1, 0.15) is 34.5 Å². The number of rotatable bonds is 8. The Balaban J connectivity index is 1.79. The van der Waals surface area contributed by atoms with E-state index in [2.05, 4.69) is 15.3 Å². The topological polar surface area (TPSA) is 109 Å². The van der Waals surface area contributed by atoms with Crippen molar-refractivity contribution in [1.29, 1.82) is 0 Å². The molecule has 1 atom stereocenters. The van der Waals surface area contributed by atoms with Gasteiger partial charge in [-0.2, -0.15) is 0 Å². The summed E-state index contributed by atoms with van der Waals surface area (Å²) < 4.78 is 22.8. The summed E-state index contributed by atoms with van der Waals surface area (Å²) >= 11 is 0.839. The van der Waals surface area contributed by atoms with Crippen LogP contribution in [-0.2, 0) is 14.6 Å². The molecule has 0 aromatic carbocycles. The number of pyridine rings is 1. The summed E-state index contributed by atoms with van der Waals surface area (Å²) in [5.41, 5.74) is 0.992. The third-order valence-electron chi connectivity index (χ3n) is 3.87. The third kappa shape index (κ3) is 6.10. The summed E-state index contributed by atoms with van der Waals surface area (Å²) in [6.07, 6.45) is 6.06. The van der Waals surface area contributed by atoms with Crippen LogP contribution >= 0.6 is 11.3 Å². The van der Waals surface area contributed by atoms with E-state index in [1.807, 2.05) is 19.1 Å². The quantitative estimate of drug-likeness (QED) is 0.703. The minimum absolute atomic E-state index is 0.0460. The number of hydrogen-bond donors (Lipinski definition) is 1. The van der Waals surface area contributed by atoms with E-state index in [0.29, 0.717) is 19.5 Å². The molecule has 2 rings (SSSR count). The fourth-order valence-corrected chi connectivity index (χ4v) is 4.08. The van der Waals surface area contributed by atoms with Crippen molar-refractivity contribution in [3.63, 3.8) is 0 Å². The molecule has 0 bridgehead atoms. The first-order valence-electron chi connectivity index (χ1n) is 8.26. The van der Waals surface area contributed by atoms with Gasteiger partial charge in [-0.25, -0.2) is 13.4 Å². The van der Waals surface area contributed by atoms with E-state index < -0.39 is 9.84 Å². The predicted octanol–water partition coefficient (Wildman–Crippen LogP) is 1.32. The number of carbonyl (C=O) groups excluding carboxylic acids is 2. The SMILES string of the molecule is CC(CC(=O)NCCN(C)C(=O)c1cnc(S(C)(=O)=O)s1)c1cccnc1. The maximum atomic E-state index is 12.3. The first-order chi connectivity index (χ1) is 12.7. The molecule has 2 aromatic heterocycles. The van der Waals surface area contributed by atoms with Crippen molar-refractivity contribution in [1.82, 2.24) is 20.2 Å². The number of amides is 2. The van der Waals surface area contributed by atoms with Gasteiger partial charge in [0, 0.05) is 45.2 Å². The zero-order valence-corrected chi connectivity index (χ0v) is 17.0. The highest BCUT2D eigenvalue weighted by Crippen LogP contribution is 2.19. The van der Waals surface area contributed by atoms with Gasteiger partial charge in [0.25, 0.3) is 5.91 Å². The molecular weight excluding hydrogens is 388 g/mol. The van der Waals surface area contributed by atoms with Gasteiger partial charge in [-0.3, -0.25) is 14.6 Å². The van der Waals surface area contributed by atoms with Crippen LogP contribution in [0.2, 0.25) is 0 Å². The van der Waals surface area contributed by atoms with Gasteiger partial charge in [-0.15, -0.1) is 0 Å². The lowest BCUT2D eigenvalue weighted by Gasteiger charge is -2.17. The lowest BCUT2D eigenvalue weighted by atomic mass is 9.99. The Morgan fingerprint density at radius 1 is 1.33 bits per heavy atom. The summed E-state index contributed by atoms with van der Waals surface area (Å²) in [7, 11) is -1.84. The zero-order chi connectivity index (χ0) is 20.0. The monoisotopic (exact) mass is 410 g/mol. The van der Waals surface area contributed by atoms with E-state index in [1.165, 1.54) is 11.1 Å². The Morgan fingerprint density at radius 3 is 2.67 bits per heavy atom. The van der Waals surface area contributed by atoms with Crippen molar-refractivity contribution >= 4 is 33.0 Å². The number of thiazole rings is 1. The summed E-state index contributed by atoms with van der Waals surface area (Å²) in [5, 5.41) is 2.79. The predicted molar refractivity (Wildman–Crippen MR) is 102 cm³/mol. The number of aromatic nitrogens is 2. The molecule has 8 nitrogen and oxygen atoms in total. The van der Waals surface area contributed by atoms with Gasteiger partial charge in [-0.1, -0.05) is 24.3 Å². The maximum absolute atomic E-state index is 12.3. The molecule has 2 amide bonds. The van der Waals surface area contributed by atoms with Crippen molar-refractivity contribution in [3.05, 3.63) is 41.2 Å². The number of nitrogens with zero attached hydrogens (tertiary/aromatic N) is 3. The molecule has 1 N–H and O–H groups in total. The first-order valence-corrected chi connectivity index (χ1v) is 11.0. The smallest absolute Gasteiger partial charge is 0.265 e. The van der Waals surface area contributed by atoms with Gasteiger partial charge < -0.3 is 10.2 Å². The van der Waals surface area contributed by atoms with Gasteiger partial charge in [0.2, 0.25) is 20.1 Å². The molecule has 0 spiro atoms. The number of hydrogen-bond acceptors (Lipinski definition) is 7. The van der Waals surface area contributed by atoms with Gasteiger partial charge >= 0.3 is 0 Å². The van der Waals surface area contributed by atoms with Gasteiger partial charge in [0.15, 0.2) is 0 Å². The largest absolute Gasteiger partial charge is 0.354 e. The lowest BCUT2D eigenvalue weighted by Crippen LogP contribution is -2.36. The second kappa shape index (κ2) is 9.05. The van der Waals surface area contributed by atoms with Crippen molar-refractivity contribution < 1.29 is 18.0 Å². The minimum Gasteiger partial charge on any atom is -0.354 e. The average molecular weight is 411 g/mol. The Labute approximate surface area is 162 Å². The van der Waals surface area contributed by atoms with E-state index in [1.54, 1.807) is 19.4 Å². The molecule has 2 aromatic rings. The highest BCUT2D eigenvalue weighted by molar-refractivity contribution is 7.92. The molecule has 0 fully saturated rings. The Morgan fingerprint density at radius 2 is 2.07 bits per heavy atom. The number of nitrogens with one attached hydrogen (secondary N) is 1. The van der Waals surface area contributed by atoms with Crippen molar-refractivity contribution in [3.8, 4) is 0 Å². The standard InChI is InChI=1S/C17H22N4O4S2/c1-12(13-5-4-6-18-10-13)9-15(22)19-7-8-21(2)16(23)14-11-20-17(26-14)27(3,24)25/h4-6,10-12H,7-9H2,1-3H3,(H,19,22). The molecule has 146 valence electrons. The molecule has 0 aliphatic carbocycles. The second-order valence-electron chi connectivity index (χ2n) is 6.23. The highest BCUT2D eigenvalue weighted by atomic mass is 32.2. The number of carbonyl (C=O) groups is 2. The van der Waals surface area contributed by atoms with Gasteiger partial charge in [0.05, 0.1) is 6.20 Å². The van der Waals surface area contributed by atoms with Gasteiger partial charge in [-0.05, 0) is 17.5 Å². The van der Waals surface area contributed by atoms with Crippen LogP contribution < -0.4 is 5.32 Å². The Hall–Kier alpha value is -2.33. The number of sulfone groups is 1. The summed E-state index contributed by atoms with van der Waals surface area (Å²) in [4.78, 5) is 33.8. The molecule has 0 radical (unpaired) electrons. The molecule has 0 saturated heterocycles. The van der Waals surface area contributed by atoms with E-state index in [4.69, 9.17) is 0 Å². The van der Waals surface area contributed by atoms with E-state index >= 15 is 0 Å². The van der Waals surface area contributed by atoms with E-state index in [0.717, 1.165) is 23.2 Å². The average Bonchev–Trinajstić information content (AvgIpc) is 3.12. The maximum Gasteiger partial charge on any atom is 0.265 e. The van der Waals surface area contributed by atoms with Crippen molar-refractivity contribution in [2.45, 2.75) is 23.6 Å². The third-order valence-corrected chi connectivity index (χ3v) is 6.55. The summed E-state index contributed by atoms with van der Waals surface area (Å²) in [6.45, 7) is 2.56. The zero-order valence-electron chi connectivity index (χ0n) is 15.4. The fraction of sp³-hybridized carbons (Fsp3) is 0.412. The van der Waals surface area contributed by atoms with Crippen LogP contribution in [0.3, 0.4) is 0 Å². The summed E-state index contributed by atoms with van der Waals surface area (Å²) in [6, 6.07) is 3.76. The fourth-order valence-electron chi connectivity index (χ4n) is 2.32. The first kappa shape index (κ1) is 21.0. The Bertz CT molecular complexity index is 897. The molecule has 27 heavy (non-hydrogen) atoms. The molecule has 0 saturated carbocycles. The highest BCUT2D eigenvalue weighted by Gasteiger charge is 2.19. The number of likely N-dealkylation sites (N-methyl/N-ethyl adjacent to an activating group) is 1. The molecule has 0 aliphatic heterocycles. The van der Waals surface area contributed by atoms with Gasteiger partial charge in [0.1, 0.15) is 4.88 Å². The van der Waals surface area contributed by atoms with Crippen LogP contribution in [0, 0.1) is 0 Å². The van der Waals surface area contributed by atoms with Crippen LogP contribution in [0.15, 0.2) is 35.1 Å². The summed E-state index contributed by atoms with van der Waals surface area (Å²) in [5.74, 6) is -0.394. The van der Waals surface area contributed by atoms with Crippen LogP contribution in [-0.4, -0.2) is 61.5 Å². The molecular formula is C17H22N4O4S2. The van der Waals surface area contributed by atoms with Crippen LogP contribution in [0.4, 0.5) is 0 Å². The molecule has 0 aliphatic rings. The van der Waals surface area contributed by atoms with E-state index in [9.17, 15) is 18.0 Å². The van der Waals surface area contributed by atoms with Crippen molar-refractivity contribution in [2.75, 3.05) is 26.4 Å². The molecule has 1 unspecified atom stereocenters. The normalized spacial score (nSPS) is 12.4. The second-order valence-corrected chi connectivity index (χ2v) is 9.45. The van der Waals surface area contributed by atoms with Crippen molar-refractivity contribution in [2.24, 2.45) is 0 Å². The van der Waals surface area contributed by atoms with Crippen LogP contribution in [0.25, 0.3) is 0 Å². The molecule has 2 heterocycles. The Kier molecular flexibility index (Phi) is 7.03. The lowest BCUT2D eigenvalue weighted by molar-refractivity contribution is -0.121.